The molecular weight excluding hydrogens is 486 g/mol. The first-order valence-electron chi connectivity index (χ1n) is 13.5. The van der Waals surface area contributed by atoms with E-state index in [0.717, 1.165) is 25.7 Å². The second-order valence-electron chi connectivity index (χ2n) is 9.71. The highest BCUT2D eigenvalue weighted by Crippen LogP contribution is 2.25. The number of rotatable bonds is 17. The molecule has 2 amide bonds. The van der Waals surface area contributed by atoms with Crippen molar-refractivity contribution in [3.8, 4) is 0 Å². The molecule has 0 bridgehead atoms. The molecular formula is C29H51N3O6. The van der Waals surface area contributed by atoms with Crippen LogP contribution in [0.2, 0.25) is 0 Å². The number of nitrogens with zero attached hydrogens (tertiary/aromatic N) is 1. The first kappa shape index (κ1) is 35.5. The average molecular weight is 538 g/mol. The van der Waals surface area contributed by atoms with Crippen molar-refractivity contribution in [2.24, 2.45) is 11.8 Å². The third kappa shape index (κ3) is 11.1. The average Bonchev–Trinajstić information content (AvgIpc) is 3.39. The summed E-state index contributed by atoms with van der Waals surface area (Å²) >= 11 is 0. The number of carboxylic acid groups (broad SMARTS) is 1. The van der Waals surface area contributed by atoms with E-state index in [0.29, 0.717) is 30.2 Å². The van der Waals surface area contributed by atoms with E-state index in [-0.39, 0.29) is 12.5 Å². The van der Waals surface area contributed by atoms with Gasteiger partial charge < -0.3 is 30.1 Å². The number of ether oxygens (including phenoxy) is 2. The van der Waals surface area contributed by atoms with Crippen molar-refractivity contribution in [1.29, 1.82) is 0 Å². The van der Waals surface area contributed by atoms with Gasteiger partial charge in [0.25, 0.3) is 0 Å². The van der Waals surface area contributed by atoms with Gasteiger partial charge in [-0.15, -0.1) is 0 Å². The Bertz CT molecular complexity index is 767. The summed E-state index contributed by atoms with van der Waals surface area (Å²) in [7, 11) is 5.30. The molecule has 0 aliphatic carbocycles. The highest BCUT2D eigenvalue weighted by atomic mass is 16.5. The van der Waals surface area contributed by atoms with Crippen molar-refractivity contribution in [3.63, 3.8) is 0 Å². The maximum absolute atomic E-state index is 12.6. The zero-order chi connectivity index (χ0) is 29.3. The van der Waals surface area contributed by atoms with E-state index in [4.69, 9.17) is 9.47 Å². The van der Waals surface area contributed by atoms with Gasteiger partial charge in [-0.3, -0.25) is 9.59 Å². The van der Waals surface area contributed by atoms with E-state index >= 15 is 0 Å². The zero-order valence-corrected chi connectivity index (χ0v) is 24.4. The molecule has 218 valence electrons. The number of aliphatic carboxylic acids is 1. The predicted molar refractivity (Wildman–Crippen MR) is 152 cm³/mol. The predicted octanol–water partition coefficient (Wildman–Crippen LogP) is 3.56. The molecule has 1 heterocycles. The maximum atomic E-state index is 12.6. The van der Waals surface area contributed by atoms with Gasteiger partial charge in [-0.2, -0.15) is 0 Å². The number of nitrogens with one attached hydrogen (secondary N) is 2. The van der Waals surface area contributed by atoms with E-state index in [1.807, 2.05) is 7.05 Å². The van der Waals surface area contributed by atoms with Crippen molar-refractivity contribution in [3.05, 3.63) is 37.0 Å². The van der Waals surface area contributed by atoms with Gasteiger partial charge in [-0.1, -0.05) is 65.5 Å². The topological polar surface area (TPSA) is 117 Å². The van der Waals surface area contributed by atoms with Crippen molar-refractivity contribution < 1.29 is 29.0 Å². The van der Waals surface area contributed by atoms with Gasteiger partial charge in [0, 0.05) is 33.2 Å². The van der Waals surface area contributed by atoms with Gasteiger partial charge >= 0.3 is 5.97 Å². The van der Waals surface area contributed by atoms with Gasteiger partial charge in [0.05, 0.1) is 24.2 Å². The Morgan fingerprint density at radius 3 is 2.24 bits per heavy atom. The molecule has 9 nitrogen and oxygen atoms in total. The molecule has 1 aliphatic heterocycles. The van der Waals surface area contributed by atoms with Crippen molar-refractivity contribution in [1.82, 2.24) is 15.5 Å². The third-order valence-electron chi connectivity index (χ3n) is 7.38. The van der Waals surface area contributed by atoms with Crippen LogP contribution in [0.3, 0.4) is 0 Å². The summed E-state index contributed by atoms with van der Waals surface area (Å²) in [5.41, 5.74) is 0.659. The SMILES string of the molecule is C=C/C=C(\C=C)CC(NC(=O)C(C)C(OC)C1CCCN1C=O)C(=O)O.CCC(C)C(NC)C(CC)OC. The van der Waals surface area contributed by atoms with Crippen LogP contribution in [0.15, 0.2) is 37.0 Å². The summed E-state index contributed by atoms with van der Waals surface area (Å²) in [6.45, 7) is 16.2. The Kier molecular flexibility index (Phi) is 18.3. The number of carbonyl (C=O) groups excluding carboxylic acids is 2. The molecule has 1 aliphatic rings. The van der Waals surface area contributed by atoms with Crippen LogP contribution in [0.25, 0.3) is 0 Å². The summed E-state index contributed by atoms with van der Waals surface area (Å²) in [6.07, 6.45) is 9.32. The minimum absolute atomic E-state index is 0.102. The number of allylic oxidation sites excluding steroid dienone is 3. The standard InChI is InChI=1S/C19H28N2O5.C10H23NO/c1-5-8-14(6-2)11-15(19(24)25)20-18(23)13(3)17(26-4)16-9-7-10-21(16)12-22;1-6-8(3)10(11-4)9(7-2)12-5/h5-6,8,12-13,15-17H,1-2,7,9-11H2,3-4H3,(H,20,23)(H,24,25);8-11H,6-7H2,1-5H3/b14-8+;. The van der Waals surface area contributed by atoms with E-state index < -0.39 is 29.9 Å². The van der Waals surface area contributed by atoms with Crippen LogP contribution in [-0.4, -0.2) is 86.4 Å². The van der Waals surface area contributed by atoms with Crippen LogP contribution in [0.5, 0.6) is 0 Å². The second kappa shape index (κ2) is 19.6. The molecule has 0 aromatic rings. The number of carbonyl (C=O) groups is 3. The smallest absolute Gasteiger partial charge is 0.326 e. The molecule has 0 aromatic heterocycles. The highest BCUT2D eigenvalue weighted by molar-refractivity contribution is 5.85. The molecule has 1 fully saturated rings. The summed E-state index contributed by atoms with van der Waals surface area (Å²) in [5, 5.41) is 15.3. The number of hydrogen-bond donors (Lipinski definition) is 3. The van der Waals surface area contributed by atoms with Crippen molar-refractivity contribution in [2.75, 3.05) is 27.8 Å². The molecule has 1 saturated heterocycles. The number of carboxylic acids is 1. The highest BCUT2D eigenvalue weighted by Gasteiger charge is 2.38. The summed E-state index contributed by atoms with van der Waals surface area (Å²) in [6, 6.07) is -0.784. The van der Waals surface area contributed by atoms with Crippen LogP contribution in [0.4, 0.5) is 0 Å². The minimum Gasteiger partial charge on any atom is -0.480 e. The Balaban J connectivity index is 0.000000958. The molecule has 1 rings (SSSR count). The zero-order valence-electron chi connectivity index (χ0n) is 24.4. The Morgan fingerprint density at radius 1 is 1.16 bits per heavy atom. The van der Waals surface area contributed by atoms with Crippen molar-refractivity contribution in [2.45, 2.75) is 90.1 Å². The lowest BCUT2D eigenvalue weighted by molar-refractivity contribution is -0.144. The first-order valence-corrected chi connectivity index (χ1v) is 13.5. The minimum atomic E-state index is -1.13. The normalized spacial score (nSPS) is 20.1. The molecule has 0 radical (unpaired) electrons. The van der Waals surface area contributed by atoms with Gasteiger partial charge in [0.15, 0.2) is 0 Å². The largest absolute Gasteiger partial charge is 0.480 e. The van der Waals surface area contributed by atoms with E-state index in [1.165, 1.54) is 25.7 Å². The van der Waals surface area contributed by atoms with E-state index in [1.54, 1.807) is 25.0 Å². The molecule has 7 unspecified atom stereocenters. The van der Waals surface area contributed by atoms with Gasteiger partial charge in [0.2, 0.25) is 12.3 Å². The number of likely N-dealkylation sites (tertiary alicyclic amines) is 1. The molecule has 38 heavy (non-hydrogen) atoms. The summed E-state index contributed by atoms with van der Waals surface area (Å²) in [5.74, 6) is -1.49. The Labute approximate surface area is 229 Å². The maximum Gasteiger partial charge on any atom is 0.326 e. The fourth-order valence-electron chi connectivity index (χ4n) is 4.91. The lowest BCUT2D eigenvalue weighted by atomic mass is 9.93. The van der Waals surface area contributed by atoms with Crippen molar-refractivity contribution >= 4 is 18.3 Å². The van der Waals surface area contributed by atoms with E-state index in [2.05, 4.69) is 44.6 Å². The van der Waals surface area contributed by atoms with E-state index in [9.17, 15) is 19.5 Å². The van der Waals surface area contributed by atoms with Crippen LogP contribution in [0, 0.1) is 11.8 Å². The number of likely N-dealkylation sites (N-methyl/N-ethyl adjacent to an activating group) is 1. The molecule has 7 atom stereocenters. The lowest BCUT2D eigenvalue weighted by Crippen LogP contribution is -2.50. The Morgan fingerprint density at radius 2 is 1.82 bits per heavy atom. The van der Waals surface area contributed by atoms with Crippen LogP contribution in [0.1, 0.15) is 59.8 Å². The molecule has 0 spiro atoms. The monoisotopic (exact) mass is 537 g/mol. The number of amides is 2. The first-order chi connectivity index (χ1) is 18.1. The van der Waals surface area contributed by atoms with Gasteiger partial charge in [-0.05, 0) is 37.8 Å². The number of methoxy groups -OCH3 is 2. The third-order valence-corrected chi connectivity index (χ3v) is 7.38. The quantitative estimate of drug-likeness (QED) is 0.192. The number of hydrogen-bond acceptors (Lipinski definition) is 6. The fourth-order valence-corrected chi connectivity index (χ4v) is 4.91. The molecule has 9 heteroatoms. The summed E-state index contributed by atoms with van der Waals surface area (Å²) in [4.78, 5) is 36.9. The second-order valence-corrected chi connectivity index (χ2v) is 9.71. The van der Waals surface area contributed by atoms with Crippen LogP contribution < -0.4 is 10.6 Å². The van der Waals surface area contributed by atoms with Crippen LogP contribution in [-0.2, 0) is 23.9 Å². The Hall–Kier alpha value is -2.49. The summed E-state index contributed by atoms with van der Waals surface area (Å²) < 4.78 is 10.9. The molecule has 0 aromatic carbocycles. The van der Waals surface area contributed by atoms with Crippen LogP contribution >= 0.6 is 0 Å². The fraction of sp³-hybridized carbons (Fsp3) is 0.690. The van der Waals surface area contributed by atoms with Gasteiger partial charge in [-0.25, -0.2) is 4.79 Å². The molecule has 0 saturated carbocycles. The lowest BCUT2D eigenvalue weighted by Gasteiger charge is -2.32. The molecule has 3 N–H and O–H groups in total. The van der Waals surface area contributed by atoms with Gasteiger partial charge in [0.1, 0.15) is 6.04 Å².